The van der Waals surface area contributed by atoms with Gasteiger partial charge in [-0.1, -0.05) is 42.1 Å². The highest BCUT2D eigenvalue weighted by Gasteiger charge is 2.14. The van der Waals surface area contributed by atoms with Crippen LogP contribution in [0.15, 0.2) is 47.6 Å². The molecule has 0 aliphatic rings. The van der Waals surface area contributed by atoms with E-state index in [1.54, 1.807) is 12.1 Å². The van der Waals surface area contributed by atoms with E-state index in [1.165, 1.54) is 16.8 Å². The fraction of sp³-hybridized carbons (Fsp3) is 0.211. The number of carbonyl (C=O) groups is 1. The lowest BCUT2D eigenvalue weighted by Crippen LogP contribution is -2.18. The van der Waals surface area contributed by atoms with Gasteiger partial charge in [-0.25, -0.2) is 9.07 Å². The minimum Gasteiger partial charge on any atom is -0.482 e. The smallest absolute Gasteiger partial charge is 0.234 e. The second-order valence-corrected chi connectivity index (χ2v) is 7.03. The van der Waals surface area contributed by atoms with Gasteiger partial charge in [-0.3, -0.25) is 4.79 Å². The van der Waals surface area contributed by atoms with Gasteiger partial charge in [0.05, 0.1) is 5.75 Å². The van der Waals surface area contributed by atoms with Crippen LogP contribution in [0.1, 0.15) is 17.0 Å². The number of nitrogen functional groups attached to an aromatic ring is 1. The summed E-state index contributed by atoms with van der Waals surface area (Å²) < 4.78 is 20.2. The van der Waals surface area contributed by atoms with Gasteiger partial charge in [-0.05, 0) is 37.1 Å². The summed E-state index contributed by atoms with van der Waals surface area (Å²) in [4.78, 5) is 12.3. The Morgan fingerprint density at radius 1 is 1.18 bits per heavy atom. The van der Waals surface area contributed by atoms with Crippen LogP contribution in [0.4, 0.5) is 10.1 Å². The van der Waals surface area contributed by atoms with Crippen molar-refractivity contribution in [2.75, 3.05) is 16.9 Å². The van der Waals surface area contributed by atoms with Crippen LogP contribution in [0.25, 0.3) is 0 Å². The molecule has 1 heterocycles. The first-order valence-electron chi connectivity index (χ1n) is 8.51. The Labute approximate surface area is 166 Å². The van der Waals surface area contributed by atoms with Gasteiger partial charge >= 0.3 is 0 Å². The minimum atomic E-state index is -0.469. The number of nitrogens with zero attached hydrogens (tertiary/aromatic N) is 3. The highest BCUT2D eigenvalue weighted by atomic mass is 32.2. The zero-order chi connectivity index (χ0) is 20.1. The summed E-state index contributed by atoms with van der Waals surface area (Å²) in [6.45, 7) is 3.84. The minimum absolute atomic E-state index is 0.0421. The number of hydrogen-bond acceptors (Lipinski definition) is 6. The van der Waals surface area contributed by atoms with Gasteiger partial charge in [0.25, 0.3) is 0 Å². The number of aromatic nitrogens is 3. The van der Waals surface area contributed by atoms with E-state index in [1.807, 2.05) is 32.0 Å². The number of nitrogens with two attached hydrogens (primary N) is 1. The van der Waals surface area contributed by atoms with E-state index in [4.69, 9.17) is 10.6 Å². The molecule has 2 aromatic carbocycles. The Hall–Kier alpha value is -3.07. The Morgan fingerprint density at radius 3 is 2.61 bits per heavy atom. The number of thioether (sulfide) groups is 1. The van der Waals surface area contributed by atoms with Crippen LogP contribution in [0.3, 0.4) is 0 Å². The molecule has 0 bridgehead atoms. The first kappa shape index (κ1) is 19.7. The quantitative estimate of drug-likeness (QED) is 0.467. The zero-order valence-electron chi connectivity index (χ0n) is 15.5. The van der Waals surface area contributed by atoms with Crippen LogP contribution < -0.4 is 15.9 Å². The van der Waals surface area contributed by atoms with E-state index < -0.39 is 5.82 Å². The maximum Gasteiger partial charge on any atom is 0.234 e. The van der Waals surface area contributed by atoms with Crippen molar-refractivity contribution in [1.29, 1.82) is 0 Å². The lowest BCUT2D eigenvalue weighted by Gasteiger charge is -2.11. The molecule has 1 amide bonds. The number of para-hydroxylation sites is 2. The molecule has 28 heavy (non-hydrogen) atoms. The third-order valence-corrected chi connectivity index (χ3v) is 4.95. The van der Waals surface area contributed by atoms with Gasteiger partial charge in [0.1, 0.15) is 6.61 Å². The van der Waals surface area contributed by atoms with Crippen LogP contribution in [0.2, 0.25) is 0 Å². The number of aryl methyl sites for hydroxylation is 2. The molecular weight excluding hydrogens is 381 g/mol. The van der Waals surface area contributed by atoms with Crippen molar-refractivity contribution in [2.24, 2.45) is 0 Å². The highest BCUT2D eigenvalue weighted by molar-refractivity contribution is 7.99. The van der Waals surface area contributed by atoms with Gasteiger partial charge in [-0.15, -0.1) is 10.2 Å². The molecule has 146 valence electrons. The molecular formula is C19H20FN5O2S. The van der Waals surface area contributed by atoms with Crippen molar-refractivity contribution < 1.29 is 13.9 Å². The Bertz CT molecular complexity index is 972. The molecule has 3 aromatic rings. The summed E-state index contributed by atoms with van der Waals surface area (Å²) in [6, 6.07) is 11.9. The fourth-order valence-electron chi connectivity index (χ4n) is 2.53. The zero-order valence-corrected chi connectivity index (χ0v) is 16.3. The predicted molar refractivity (Wildman–Crippen MR) is 106 cm³/mol. The van der Waals surface area contributed by atoms with Crippen molar-refractivity contribution in [2.45, 2.75) is 25.6 Å². The molecule has 1 aromatic heterocycles. The Morgan fingerprint density at radius 2 is 1.89 bits per heavy atom. The number of rotatable bonds is 7. The fourth-order valence-corrected chi connectivity index (χ4v) is 3.20. The van der Waals surface area contributed by atoms with Crippen LogP contribution in [-0.2, 0) is 11.4 Å². The van der Waals surface area contributed by atoms with Crippen LogP contribution in [-0.4, -0.2) is 26.5 Å². The van der Waals surface area contributed by atoms with Crippen LogP contribution >= 0.6 is 11.8 Å². The van der Waals surface area contributed by atoms with Gasteiger partial charge < -0.3 is 15.9 Å². The van der Waals surface area contributed by atoms with Gasteiger partial charge in [0.2, 0.25) is 11.1 Å². The van der Waals surface area contributed by atoms with Gasteiger partial charge in [0, 0.05) is 5.69 Å². The molecule has 0 aliphatic heterocycles. The molecule has 0 saturated carbocycles. The largest absolute Gasteiger partial charge is 0.482 e. The molecule has 0 aliphatic carbocycles. The molecule has 3 rings (SSSR count). The van der Waals surface area contributed by atoms with Gasteiger partial charge in [-0.2, -0.15) is 0 Å². The van der Waals surface area contributed by atoms with Crippen molar-refractivity contribution in [3.05, 3.63) is 65.2 Å². The summed E-state index contributed by atoms with van der Waals surface area (Å²) >= 11 is 1.15. The summed E-state index contributed by atoms with van der Waals surface area (Å²) in [5.41, 5.74) is 2.79. The van der Waals surface area contributed by atoms with E-state index in [0.717, 1.165) is 28.6 Å². The molecule has 9 heteroatoms. The van der Waals surface area contributed by atoms with Crippen molar-refractivity contribution >= 4 is 23.4 Å². The topological polar surface area (TPSA) is 95.1 Å². The maximum atomic E-state index is 13.6. The molecule has 3 N–H and O–H groups in total. The molecule has 0 saturated heterocycles. The maximum absolute atomic E-state index is 13.6. The van der Waals surface area contributed by atoms with E-state index in [-0.39, 0.29) is 24.0 Å². The lowest BCUT2D eigenvalue weighted by molar-refractivity contribution is -0.113. The van der Waals surface area contributed by atoms with Crippen molar-refractivity contribution in [3.8, 4) is 5.75 Å². The number of carbonyl (C=O) groups excluding carboxylic acids is 1. The predicted octanol–water partition coefficient (Wildman–Crippen LogP) is 3.06. The summed E-state index contributed by atoms with van der Waals surface area (Å²) in [5, 5.41) is 11.2. The van der Waals surface area contributed by atoms with Crippen LogP contribution in [0, 0.1) is 19.7 Å². The second kappa shape index (κ2) is 8.75. The van der Waals surface area contributed by atoms with Gasteiger partial charge in [0.15, 0.2) is 17.4 Å². The van der Waals surface area contributed by atoms with Crippen molar-refractivity contribution in [1.82, 2.24) is 14.9 Å². The van der Waals surface area contributed by atoms with E-state index >= 15 is 0 Å². The first-order chi connectivity index (χ1) is 13.5. The highest BCUT2D eigenvalue weighted by Crippen LogP contribution is 2.21. The van der Waals surface area contributed by atoms with Crippen LogP contribution in [0.5, 0.6) is 5.75 Å². The number of hydrogen-bond donors (Lipinski definition) is 2. The molecule has 0 spiro atoms. The average Bonchev–Trinajstić information content (AvgIpc) is 3.02. The SMILES string of the molecule is Cc1cccc(C)c1NC(=O)CSc1nnc(COc2ccccc2F)n1N. The van der Waals surface area contributed by atoms with E-state index in [0.29, 0.717) is 11.0 Å². The molecule has 7 nitrogen and oxygen atoms in total. The summed E-state index contributed by atoms with van der Waals surface area (Å²) in [6.07, 6.45) is 0. The summed E-state index contributed by atoms with van der Waals surface area (Å²) in [7, 11) is 0. The Balaban J connectivity index is 1.57. The normalized spacial score (nSPS) is 10.7. The third kappa shape index (κ3) is 4.61. The standard InChI is InChI=1S/C19H20FN5O2S/c1-12-6-5-7-13(2)18(12)22-17(26)11-28-19-24-23-16(25(19)21)10-27-15-9-4-3-8-14(15)20/h3-9H,10-11,21H2,1-2H3,(H,22,26). The molecule has 0 fully saturated rings. The number of amides is 1. The average molecular weight is 401 g/mol. The van der Waals surface area contributed by atoms with E-state index in [9.17, 15) is 9.18 Å². The third-order valence-electron chi connectivity index (χ3n) is 4.01. The molecule has 0 atom stereocenters. The monoisotopic (exact) mass is 401 g/mol. The number of anilines is 1. The number of benzene rings is 2. The second-order valence-electron chi connectivity index (χ2n) is 6.09. The Kier molecular flexibility index (Phi) is 6.15. The number of ether oxygens (including phenoxy) is 1. The molecule has 0 radical (unpaired) electrons. The van der Waals surface area contributed by atoms with E-state index in [2.05, 4.69) is 15.5 Å². The van der Waals surface area contributed by atoms with Crippen molar-refractivity contribution in [3.63, 3.8) is 0 Å². The summed E-state index contributed by atoms with van der Waals surface area (Å²) in [5.74, 6) is 5.86. The number of halogens is 1. The molecule has 0 unspecified atom stereocenters. The lowest BCUT2D eigenvalue weighted by atomic mass is 10.1. The number of nitrogens with one attached hydrogen (secondary N) is 1. The first-order valence-corrected chi connectivity index (χ1v) is 9.50.